The van der Waals surface area contributed by atoms with Crippen LogP contribution in [0.2, 0.25) is 0 Å². The quantitative estimate of drug-likeness (QED) is 0.843. The van der Waals surface area contributed by atoms with E-state index < -0.39 is 12.0 Å². The predicted molar refractivity (Wildman–Crippen MR) is 74.0 cm³/mol. The maximum absolute atomic E-state index is 11.7. The number of ether oxygens (including phenoxy) is 1. The summed E-state index contributed by atoms with van der Waals surface area (Å²) in [6.07, 6.45) is 0.449. The first-order valence-corrected chi connectivity index (χ1v) is 6.26. The molecule has 0 radical (unpaired) electrons. The first-order chi connectivity index (χ1) is 8.85. The van der Waals surface area contributed by atoms with Crippen LogP contribution in [-0.4, -0.2) is 25.0 Å². The number of hydrogen-bond acceptors (Lipinski definition) is 3. The Morgan fingerprint density at radius 3 is 2.16 bits per heavy atom. The van der Waals surface area contributed by atoms with E-state index in [-0.39, 0.29) is 5.91 Å². The zero-order chi connectivity index (χ0) is 14.6. The Bertz CT molecular complexity index is 471. The van der Waals surface area contributed by atoms with Crippen LogP contribution in [0.4, 0.5) is 0 Å². The van der Waals surface area contributed by atoms with Crippen LogP contribution in [0, 0.1) is 20.8 Å². The molecule has 4 heteroatoms. The predicted octanol–water partition coefficient (Wildman–Crippen LogP) is 1.83. The van der Waals surface area contributed by atoms with Gasteiger partial charge in [0.05, 0.1) is 7.11 Å². The summed E-state index contributed by atoms with van der Waals surface area (Å²) in [5.74, 6) is -0.660. The molecule has 0 aliphatic heterocycles. The van der Waals surface area contributed by atoms with Crippen molar-refractivity contribution in [1.82, 2.24) is 5.32 Å². The van der Waals surface area contributed by atoms with Crippen LogP contribution in [0.1, 0.15) is 29.2 Å². The van der Waals surface area contributed by atoms with E-state index in [0.29, 0.717) is 6.42 Å². The van der Waals surface area contributed by atoms with E-state index in [4.69, 9.17) is 4.74 Å². The van der Waals surface area contributed by atoms with Gasteiger partial charge in [0.2, 0.25) is 5.91 Å². The second kappa shape index (κ2) is 6.36. The zero-order valence-electron chi connectivity index (χ0n) is 12.2. The Hall–Kier alpha value is -1.84. The van der Waals surface area contributed by atoms with Crippen LogP contribution in [0.5, 0.6) is 0 Å². The summed E-state index contributed by atoms with van der Waals surface area (Å²) in [5, 5.41) is 2.63. The summed E-state index contributed by atoms with van der Waals surface area (Å²) < 4.78 is 4.74. The van der Waals surface area contributed by atoms with Crippen molar-refractivity contribution in [3.05, 3.63) is 34.4 Å². The lowest BCUT2D eigenvalue weighted by molar-refractivity contribution is -0.144. The molecule has 1 atom stereocenters. The van der Waals surface area contributed by atoms with Crippen molar-refractivity contribution in [2.45, 2.75) is 40.2 Å². The molecule has 0 aromatic heterocycles. The van der Waals surface area contributed by atoms with E-state index in [2.05, 4.69) is 17.4 Å². The molecule has 1 amide bonds. The molecule has 0 fully saturated rings. The number of rotatable bonds is 4. The number of carbonyl (C=O) groups is 2. The van der Waals surface area contributed by atoms with Crippen LogP contribution >= 0.6 is 0 Å². The number of aryl methyl sites for hydroxylation is 3. The first kappa shape index (κ1) is 15.2. The van der Waals surface area contributed by atoms with Gasteiger partial charge in [-0.3, -0.25) is 4.79 Å². The van der Waals surface area contributed by atoms with Crippen LogP contribution in [0.3, 0.4) is 0 Å². The summed E-state index contributed by atoms with van der Waals surface area (Å²) in [5.41, 5.74) is 4.51. The Balaban J connectivity index is 3.02. The van der Waals surface area contributed by atoms with Crippen LogP contribution in [0.15, 0.2) is 12.1 Å². The molecule has 1 N–H and O–H groups in total. The summed E-state index contributed by atoms with van der Waals surface area (Å²) in [4.78, 5) is 22.9. The number of esters is 1. The summed E-state index contributed by atoms with van der Waals surface area (Å²) in [6.45, 7) is 7.45. The SMILES string of the molecule is COC(=O)[C@H](Cc1c(C)cc(C)cc1C)NC(C)=O. The molecular formula is C15H21NO3. The average Bonchev–Trinajstić information content (AvgIpc) is 2.30. The summed E-state index contributed by atoms with van der Waals surface area (Å²) >= 11 is 0. The third-order valence-electron chi connectivity index (χ3n) is 3.11. The molecule has 0 spiro atoms. The Morgan fingerprint density at radius 1 is 1.21 bits per heavy atom. The highest BCUT2D eigenvalue weighted by molar-refractivity contribution is 5.83. The van der Waals surface area contributed by atoms with Gasteiger partial charge < -0.3 is 10.1 Å². The second-order valence-electron chi connectivity index (χ2n) is 4.86. The first-order valence-electron chi connectivity index (χ1n) is 6.26. The van der Waals surface area contributed by atoms with Gasteiger partial charge in [0.1, 0.15) is 6.04 Å². The fourth-order valence-corrected chi connectivity index (χ4v) is 2.32. The average molecular weight is 263 g/mol. The second-order valence-corrected chi connectivity index (χ2v) is 4.86. The van der Waals surface area contributed by atoms with Gasteiger partial charge in [-0.25, -0.2) is 4.79 Å². The third-order valence-corrected chi connectivity index (χ3v) is 3.11. The zero-order valence-corrected chi connectivity index (χ0v) is 12.2. The molecule has 1 aromatic rings. The highest BCUT2D eigenvalue weighted by Gasteiger charge is 2.22. The van der Waals surface area contributed by atoms with Crippen molar-refractivity contribution in [1.29, 1.82) is 0 Å². The largest absolute Gasteiger partial charge is 0.467 e. The molecule has 0 bridgehead atoms. The van der Waals surface area contributed by atoms with Gasteiger partial charge in [0, 0.05) is 13.3 Å². The minimum Gasteiger partial charge on any atom is -0.467 e. The fourth-order valence-electron chi connectivity index (χ4n) is 2.32. The van der Waals surface area contributed by atoms with Gasteiger partial charge in [-0.1, -0.05) is 17.7 Å². The van der Waals surface area contributed by atoms with Crippen molar-refractivity contribution in [2.75, 3.05) is 7.11 Å². The number of methoxy groups -OCH3 is 1. The minimum atomic E-state index is -0.636. The lowest BCUT2D eigenvalue weighted by atomic mass is 9.94. The van der Waals surface area contributed by atoms with Gasteiger partial charge in [-0.05, 0) is 37.5 Å². The van der Waals surface area contributed by atoms with Crippen molar-refractivity contribution >= 4 is 11.9 Å². The maximum Gasteiger partial charge on any atom is 0.328 e. The van der Waals surface area contributed by atoms with E-state index in [0.717, 1.165) is 16.7 Å². The van der Waals surface area contributed by atoms with E-state index in [1.807, 2.05) is 20.8 Å². The van der Waals surface area contributed by atoms with Crippen LogP contribution < -0.4 is 5.32 Å². The Labute approximate surface area is 114 Å². The topological polar surface area (TPSA) is 55.4 Å². The number of nitrogens with one attached hydrogen (secondary N) is 1. The molecule has 0 aliphatic rings. The molecule has 1 aromatic carbocycles. The number of amides is 1. The molecule has 0 aliphatic carbocycles. The monoisotopic (exact) mass is 263 g/mol. The number of benzene rings is 1. The van der Waals surface area contributed by atoms with Gasteiger partial charge in [-0.15, -0.1) is 0 Å². The number of carbonyl (C=O) groups excluding carboxylic acids is 2. The molecule has 0 heterocycles. The maximum atomic E-state index is 11.7. The highest BCUT2D eigenvalue weighted by atomic mass is 16.5. The van der Waals surface area contributed by atoms with Gasteiger partial charge >= 0.3 is 5.97 Å². The van der Waals surface area contributed by atoms with Gasteiger partial charge in [0.25, 0.3) is 0 Å². The molecule has 4 nitrogen and oxygen atoms in total. The van der Waals surface area contributed by atoms with E-state index in [1.165, 1.54) is 19.6 Å². The van der Waals surface area contributed by atoms with E-state index in [1.54, 1.807) is 0 Å². The van der Waals surface area contributed by atoms with Gasteiger partial charge in [-0.2, -0.15) is 0 Å². The fraction of sp³-hybridized carbons (Fsp3) is 0.467. The molecule has 0 unspecified atom stereocenters. The van der Waals surface area contributed by atoms with Crippen molar-refractivity contribution in [2.24, 2.45) is 0 Å². The molecular weight excluding hydrogens is 242 g/mol. The smallest absolute Gasteiger partial charge is 0.328 e. The lowest BCUT2D eigenvalue weighted by Crippen LogP contribution is -2.42. The molecule has 1 rings (SSSR count). The van der Waals surface area contributed by atoms with E-state index in [9.17, 15) is 9.59 Å². The molecule has 19 heavy (non-hydrogen) atoms. The molecule has 104 valence electrons. The summed E-state index contributed by atoms with van der Waals surface area (Å²) in [7, 11) is 1.33. The Kier molecular flexibility index (Phi) is 5.10. The van der Waals surface area contributed by atoms with Crippen molar-refractivity contribution < 1.29 is 14.3 Å². The normalized spacial score (nSPS) is 11.8. The Morgan fingerprint density at radius 2 is 1.74 bits per heavy atom. The van der Waals surface area contributed by atoms with Gasteiger partial charge in [0.15, 0.2) is 0 Å². The summed E-state index contributed by atoms with van der Waals surface area (Å²) in [6, 6.07) is 3.51. The third kappa shape index (κ3) is 4.09. The lowest BCUT2D eigenvalue weighted by Gasteiger charge is -2.18. The van der Waals surface area contributed by atoms with E-state index >= 15 is 0 Å². The van der Waals surface area contributed by atoms with Crippen molar-refractivity contribution in [3.63, 3.8) is 0 Å². The number of hydrogen-bond donors (Lipinski definition) is 1. The molecule has 0 saturated carbocycles. The highest BCUT2D eigenvalue weighted by Crippen LogP contribution is 2.18. The molecule has 0 saturated heterocycles. The van der Waals surface area contributed by atoms with Crippen molar-refractivity contribution in [3.8, 4) is 0 Å². The minimum absolute atomic E-state index is 0.238. The van der Waals surface area contributed by atoms with Crippen LogP contribution in [-0.2, 0) is 20.7 Å². The standard InChI is InChI=1S/C15H21NO3/c1-9-6-10(2)13(11(3)7-9)8-14(15(18)19-5)16-12(4)17/h6-7,14H,8H2,1-5H3,(H,16,17)/t14-/m0/s1. The van der Waals surface area contributed by atoms with Crippen LogP contribution in [0.25, 0.3) is 0 Å².